The lowest BCUT2D eigenvalue weighted by Gasteiger charge is -2.16. The van der Waals surface area contributed by atoms with Crippen molar-refractivity contribution < 1.29 is 5.11 Å². The van der Waals surface area contributed by atoms with Gasteiger partial charge in [-0.25, -0.2) is 0 Å². The van der Waals surface area contributed by atoms with Crippen molar-refractivity contribution in [2.45, 2.75) is 39.2 Å². The molecule has 0 amide bonds. The molecule has 0 bridgehead atoms. The van der Waals surface area contributed by atoms with Crippen LogP contribution in [0.1, 0.15) is 50.3 Å². The molecule has 0 aliphatic carbocycles. The molecule has 3 nitrogen and oxygen atoms in total. The molecule has 3 heteroatoms. The van der Waals surface area contributed by atoms with E-state index in [1.807, 2.05) is 0 Å². The Bertz CT molecular complexity index is 416. The van der Waals surface area contributed by atoms with Crippen molar-refractivity contribution in [2.24, 2.45) is 5.92 Å². The van der Waals surface area contributed by atoms with Crippen LogP contribution in [0, 0.1) is 5.92 Å². The van der Waals surface area contributed by atoms with E-state index in [1.165, 1.54) is 25.1 Å². The maximum absolute atomic E-state index is 10.2. The van der Waals surface area contributed by atoms with Crippen LogP contribution in [0.2, 0.25) is 0 Å². The van der Waals surface area contributed by atoms with Gasteiger partial charge in [-0.05, 0) is 49.0 Å². The third-order valence-electron chi connectivity index (χ3n) is 4.58. The maximum Gasteiger partial charge on any atom is 0.0914 e. The minimum atomic E-state index is -0.408. The van der Waals surface area contributed by atoms with E-state index in [1.54, 1.807) is 0 Å². The van der Waals surface area contributed by atoms with Gasteiger partial charge in [-0.2, -0.15) is 0 Å². The number of nitrogens with zero attached hydrogens (tertiary/aromatic N) is 1. The number of hydrogen-bond acceptors (Lipinski definition) is 3. The number of nitrogens with one attached hydrogen (secondary N) is 1. The largest absolute Gasteiger partial charge is 0.387 e. The SMILES string of the molecule is CCN1CCC(CNCC(O)c2ccc(C(C)C)cc2)C1. The van der Waals surface area contributed by atoms with Crippen LogP contribution in [0.5, 0.6) is 0 Å². The van der Waals surface area contributed by atoms with E-state index in [4.69, 9.17) is 0 Å². The molecule has 1 aromatic carbocycles. The first kappa shape index (κ1) is 16.5. The van der Waals surface area contributed by atoms with E-state index in [2.05, 4.69) is 55.3 Å². The van der Waals surface area contributed by atoms with E-state index in [-0.39, 0.29) is 0 Å². The van der Waals surface area contributed by atoms with Gasteiger partial charge in [0.05, 0.1) is 6.10 Å². The predicted molar refractivity (Wildman–Crippen MR) is 88.6 cm³/mol. The summed E-state index contributed by atoms with van der Waals surface area (Å²) >= 11 is 0. The van der Waals surface area contributed by atoms with Gasteiger partial charge in [-0.3, -0.25) is 0 Å². The second-order valence-corrected chi connectivity index (χ2v) is 6.54. The van der Waals surface area contributed by atoms with Gasteiger partial charge in [0.15, 0.2) is 0 Å². The third-order valence-corrected chi connectivity index (χ3v) is 4.58. The van der Waals surface area contributed by atoms with Crippen LogP contribution in [0.4, 0.5) is 0 Å². The van der Waals surface area contributed by atoms with Crippen LogP contribution in [-0.4, -0.2) is 42.7 Å². The summed E-state index contributed by atoms with van der Waals surface area (Å²) in [5, 5.41) is 13.7. The zero-order valence-corrected chi connectivity index (χ0v) is 13.7. The number of hydrogen-bond donors (Lipinski definition) is 2. The first-order valence-corrected chi connectivity index (χ1v) is 8.31. The fourth-order valence-electron chi connectivity index (χ4n) is 3.01. The van der Waals surface area contributed by atoms with Crippen molar-refractivity contribution in [1.82, 2.24) is 10.2 Å². The van der Waals surface area contributed by atoms with Crippen LogP contribution >= 0.6 is 0 Å². The Morgan fingerprint density at radius 2 is 1.90 bits per heavy atom. The highest BCUT2D eigenvalue weighted by atomic mass is 16.3. The molecule has 0 saturated carbocycles. The molecule has 0 radical (unpaired) electrons. The molecule has 1 aromatic rings. The first-order chi connectivity index (χ1) is 10.1. The highest BCUT2D eigenvalue weighted by Crippen LogP contribution is 2.19. The smallest absolute Gasteiger partial charge is 0.0914 e. The minimum Gasteiger partial charge on any atom is -0.387 e. The molecule has 2 unspecified atom stereocenters. The second kappa shape index (κ2) is 7.92. The summed E-state index contributed by atoms with van der Waals surface area (Å²) in [6.45, 7) is 11.8. The second-order valence-electron chi connectivity index (χ2n) is 6.54. The van der Waals surface area contributed by atoms with E-state index >= 15 is 0 Å². The highest BCUT2D eigenvalue weighted by molar-refractivity contribution is 5.26. The van der Waals surface area contributed by atoms with E-state index in [9.17, 15) is 5.11 Å². The normalized spacial score (nSPS) is 21.1. The lowest BCUT2D eigenvalue weighted by Crippen LogP contribution is -2.29. The average molecular weight is 290 g/mol. The van der Waals surface area contributed by atoms with Crippen molar-refractivity contribution in [3.05, 3.63) is 35.4 Å². The molecule has 1 heterocycles. The summed E-state index contributed by atoms with van der Waals surface area (Å²) in [5.74, 6) is 1.28. The number of likely N-dealkylation sites (tertiary alicyclic amines) is 1. The standard InChI is InChI=1S/C18H30N2O/c1-4-20-10-9-15(13-20)11-19-12-18(21)17-7-5-16(6-8-17)14(2)3/h5-8,14-15,18-19,21H,4,9-13H2,1-3H3. The molecule has 0 aromatic heterocycles. The lowest BCUT2D eigenvalue weighted by molar-refractivity contribution is 0.172. The van der Waals surface area contributed by atoms with Crippen molar-refractivity contribution in [3.63, 3.8) is 0 Å². The number of aliphatic hydroxyl groups is 1. The molecule has 0 spiro atoms. The van der Waals surface area contributed by atoms with E-state index in [0.29, 0.717) is 12.5 Å². The molecule has 2 rings (SSSR count). The molecule has 1 aliphatic heterocycles. The van der Waals surface area contributed by atoms with E-state index in [0.717, 1.165) is 24.6 Å². The van der Waals surface area contributed by atoms with Crippen molar-refractivity contribution >= 4 is 0 Å². The fraction of sp³-hybridized carbons (Fsp3) is 0.667. The Hall–Kier alpha value is -0.900. The van der Waals surface area contributed by atoms with Crippen LogP contribution in [0.25, 0.3) is 0 Å². The Kier molecular flexibility index (Phi) is 6.22. The van der Waals surface area contributed by atoms with Gasteiger partial charge in [0.2, 0.25) is 0 Å². The number of benzene rings is 1. The summed E-state index contributed by atoms with van der Waals surface area (Å²) in [5.41, 5.74) is 2.33. The minimum absolute atomic E-state index is 0.408. The molecule has 118 valence electrons. The van der Waals surface area contributed by atoms with Crippen LogP contribution < -0.4 is 5.32 Å². The fourth-order valence-corrected chi connectivity index (χ4v) is 3.01. The zero-order valence-electron chi connectivity index (χ0n) is 13.7. The summed E-state index contributed by atoms with van der Waals surface area (Å²) in [4.78, 5) is 2.49. The monoisotopic (exact) mass is 290 g/mol. The molecule has 1 aliphatic rings. The Balaban J connectivity index is 1.73. The van der Waals surface area contributed by atoms with Gasteiger partial charge in [0, 0.05) is 13.1 Å². The number of rotatable bonds is 7. The van der Waals surface area contributed by atoms with Gasteiger partial charge in [0.25, 0.3) is 0 Å². The molecular formula is C18H30N2O. The predicted octanol–water partition coefficient (Wildman–Crippen LogP) is 2.77. The van der Waals surface area contributed by atoms with Crippen molar-refractivity contribution in [3.8, 4) is 0 Å². The van der Waals surface area contributed by atoms with Gasteiger partial charge >= 0.3 is 0 Å². The lowest BCUT2D eigenvalue weighted by atomic mass is 10.00. The summed E-state index contributed by atoms with van der Waals surface area (Å²) < 4.78 is 0. The van der Waals surface area contributed by atoms with Crippen molar-refractivity contribution in [2.75, 3.05) is 32.7 Å². The molecule has 2 atom stereocenters. The van der Waals surface area contributed by atoms with Gasteiger partial charge in [0.1, 0.15) is 0 Å². The van der Waals surface area contributed by atoms with Gasteiger partial charge < -0.3 is 15.3 Å². The number of aliphatic hydroxyl groups excluding tert-OH is 1. The molecule has 21 heavy (non-hydrogen) atoms. The molecule has 1 fully saturated rings. The Morgan fingerprint density at radius 1 is 1.24 bits per heavy atom. The summed E-state index contributed by atoms with van der Waals surface area (Å²) in [6.07, 6.45) is 0.870. The third kappa shape index (κ3) is 4.80. The maximum atomic E-state index is 10.2. The van der Waals surface area contributed by atoms with Gasteiger partial charge in [-0.15, -0.1) is 0 Å². The van der Waals surface area contributed by atoms with Crippen LogP contribution in [0.15, 0.2) is 24.3 Å². The average Bonchev–Trinajstić information content (AvgIpc) is 2.95. The Morgan fingerprint density at radius 3 is 2.48 bits per heavy atom. The quantitative estimate of drug-likeness (QED) is 0.810. The highest BCUT2D eigenvalue weighted by Gasteiger charge is 2.20. The summed E-state index contributed by atoms with van der Waals surface area (Å²) in [7, 11) is 0. The van der Waals surface area contributed by atoms with Crippen molar-refractivity contribution in [1.29, 1.82) is 0 Å². The molecule has 2 N–H and O–H groups in total. The Labute approximate surface area is 129 Å². The van der Waals surface area contributed by atoms with Crippen LogP contribution in [-0.2, 0) is 0 Å². The van der Waals surface area contributed by atoms with Gasteiger partial charge in [-0.1, -0.05) is 45.0 Å². The zero-order chi connectivity index (χ0) is 15.2. The summed E-state index contributed by atoms with van der Waals surface area (Å²) in [6, 6.07) is 8.35. The first-order valence-electron chi connectivity index (χ1n) is 8.31. The topological polar surface area (TPSA) is 35.5 Å². The molecular weight excluding hydrogens is 260 g/mol. The van der Waals surface area contributed by atoms with E-state index < -0.39 is 6.10 Å². The van der Waals surface area contributed by atoms with Crippen LogP contribution in [0.3, 0.4) is 0 Å². The molecule has 1 saturated heterocycles.